The third-order valence-electron chi connectivity index (χ3n) is 4.65. The second-order valence-corrected chi connectivity index (χ2v) is 6.66. The van der Waals surface area contributed by atoms with Crippen LogP contribution in [0.25, 0.3) is 11.1 Å². The van der Waals surface area contributed by atoms with E-state index in [2.05, 4.69) is 51.2 Å². The van der Waals surface area contributed by atoms with Crippen LogP contribution in [0.3, 0.4) is 0 Å². The van der Waals surface area contributed by atoms with E-state index < -0.39 is 0 Å². The summed E-state index contributed by atoms with van der Waals surface area (Å²) in [6.07, 6.45) is 1.98. The zero-order valence-electron chi connectivity index (χ0n) is 15.9. The number of Topliss-reactive ketones (excluding diaryl/α,β-unsaturated/α-hetero) is 1. The molecule has 2 aromatic rings. The van der Waals surface area contributed by atoms with Gasteiger partial charge in [-0.1, -0.05) is 49.7 Å². The molecule has 0 heterocycles. The highest BCUT2D eigenvalue weighted by atomic mass is 16.1. The van der Waals surface area contributed by atoms with Crippen LogP contribution in [-0.4, -0.2) is 17.5 Å². The molecular weight excluding hydrogens is 308 g/mol. The highest BCUT2D eigenvalue weighted by Gasteiger charge is 2.21. The van der Waals surface area contributed by atoms with Crippen LogP contribution in [0.5, 0.6) is 0 Å². The molecule has 0 atom stereocenters. The number of ketones is 1. The molecule has 0 saturated carbocycles. The maximum absolute atomic E-state index is 12.8. The topological polar surface area (TPSA) is 53.0 Å². The van der Waals surface area contributed by atoms with E-state index in [0.717, 1.165) is 35.2 Å². The van der Waals surface area contributed by atoms with E-state index >= 15 is 0 Å². The SMILES string of the molecule is CCC(CC)Nc1cccc(-c2ccc(C)cc2C)c1C(=O)C(C)=N. The van der Waals surface area contributed by atoms with E-state index in [9.17, 15) is 4.79 Å². The summed E-state index contributed by atoms with van der Waals surface area (Å²) in [6.45, 7) is 9.96. The Bertz CT molecular complexity index is 789. The van der Waals surface area contributed by atoms with Gasteiger partial charge in [-0.15, -0.1) is 0 Å². The second kappa shape index (κ2) is 8.11. The number of benzene rings is 2. The van der Waals surface area contributed by atoms with E-state index in [1.807, 2.05) is 18.2 Å². The van der Waals surface area contributed by atoms with Crippen LogP contribution >= 0.6 is 0 Å². The van der Waals surface area contributed by atoms with Crippen LogP contribution in [0.2, 0.25) is 0 Å². The Kier molecular flexibility index (Phi) is 6.13. The maximum Gasteiger partial charge on any atom is 0.208 e. The number of rotatable bonds is 7. The summed E-state index contributed by atoms with van der Waals surface area (Å²) < 4.78 is 0. The molecule has 0 fully saturated rings. The molecule has 25 heavy (non-hydrogen) atoms. The molecule has 2 N–H and O–H groups in total. The smallest absolute Gasteiger partial charge is 0.208 e. The molecule has 0 aromatic heterocycles. The Morgan fingerprint density at radius 2 is 1.76 bits per heavy atom. The van der Waals surface area contributed by atoms with Crippen LogP contribution in [-0.2, 0) is 0 Å². The minimum atomic E-state index is -0.218. The minimum absolute atomic E-state index is 0.0600. The number of hydrogen-bond donors (Lipinski definition) is 2. The average Bonchev–Trinajstić information content (AvgIpc) is 2.58. The third-order valence-corrected chi connectivity index (χ3v) is 4.65. The lowest BCUT2D eigenvalue weighted by molar-refractivity contribution is 0.106. The fourth-order valence-corrected chi connectivity index (χ4v) is 3.16. The molecule has 0 aliphatic carbocycles. The van der Waals surface area contributed by atoms with Crippen LogP contribution in [0.15, 0.2) is 36.4 Å². The van der Waals surface area contributed by atoms with Gasteiger partial charge < -0.3 is 10.7 Å². The molecule has 3 heteroatoms. The molecule has 0 bridgehead atoms. The molecule has 0 unspecified atom stereocenters. The summed E-state index contributed by atoms with van der Waals surface area (Å²) in [7, 11) is 0. The van der Waals surface area contributed by atoms with Crippen LogP contribution < -0.4 is 5.32 Å². The summed E-state index contributed by atoms with van der Waals surface area (Å²) in [5.74, 6) is -0.218. The van der Waals surface area contributed by atoms with Crippen molar-refractivity contribution >= 4 is 17.2 Å². The molecule has 0 spiro atoms. The highest BCUT2D eigenvalue weighted by Crippen LogP contribution is 2.33. The average molecular weight is 336 g/mol. The Balaban J connectivity index is 2.67. The van der Waals surface area contributed by atoms with Crippen molar-refractivity contribution in [3.8, 4) is 11.1 Å². The molecule has 132 valence electrons. The van der Waals surface area contributed by atoms with Gasteiger partial charge in [0, 0.05) is 11.7 Å². The van der Waals surface area contributed by atoms with Crippen LogP contribution in [0, 0.1) is 19.3 Å². The van der Waals surface area contributed by atoms with Crippen molar-refractivity contribution in [2.24, 2.45) is 0 Å². The predicted molar refractivity (Wildman–Crippen MR) is 107 cm³/mol. The Morgan fingerprint density at radius 3 is 2.32 bits per heavy atom. The van der Waals surface area contributed by atoms with Gasteiger partial charge >= 0.3 is 0 Å². The third kappa shape index (κ3) is 4.16. The number of anilines is 1. The number of carbonyl (C=O) groups is 1. The van der Waals surface area contributed by atoms with Gasteiger partial charge in [-0.05, 0) is 56.4 Å². The standard InChI is InChI=1S/C22H28N2O/c1-6-17(7-2)24-20-10-8-9-19(21(20)22(25)16(5)23)18-12-11-14(3)13-15(18)4/h8-13,17,23-24H,6-7H2,1-5H3. The van der Waals surface area contributed by atoms with Gasteiger partial charge in [-0.3, -0.25) is 4.79 Å². The van der Waals surface area contributed by atoms with Gasteiger partial charge in [0.2, 0.25) is 5.78 Å². The molecule has 2 aromatic carbocycles. The van der Waals surface area contributed by atoms with Crippen molar-refractivity contribution in [1.29, 1.82) is 5.41 Å². The summed E-state index contributed by atoms with van der Waals surface area (Å²) in [4.78, 5) is 12.8. The zero-order chi connectivity index (χ0) is 18.6. The number of carbonyl (C=O) groups excluding carboxylic acids is 1. The lowest BCUT2D eigenvalue weighted by atomic mass is 9.90. The minimum Gasteiger partial charge on any atom is -0.382 e. The van der Waals surface area contributed by atoms with Crippen molar-refractivity contribution < 1.29 is 4.79 Å². The summed E-state index contributed by atoms with van der Waals surface area (Å²) in [5, 5.41) is 11.4. The molecule has 3 nitrogen and oxygen atoms in total. The number of aryl methyl sites for hydroxylation is 2. The first-order chi connectivity index (χ1) is 11.9. The van der Waals surface area contributed by atoms with E-state index in [0.29, 0.717) is 11.6 Å². The van der Waals surface area contributed by atoms with Gasteiger partial charge in [-0.25, -0.2) is 0 Å². The highest BCUT2D eigenvalue weighted by molar-refractivity contribution is 6.46. The van der Waals surface area contributed by atoms with E-state index in [1.54, 1.807) is 6.92 Å². The Hall–Kier alpha value is -2.42. The van der Waals surface area contributed by atoms with Gasteiger partial charge in [0.15, 0.2) is 0 Å². The zero-order valence-corrected chi connectivity index (χ0v) is 15.9. The van der Waals surface area contributed by atoms with Crippen molar-refractivity contribution in [2.75, 3.05) is 5.32 Å². The molecular formula is C22H28N2O. The first-order valence-corrected chi connectivity index (χ1v) is 8.96. The van der Waals surface area contributed by atoms with Crippen LogP contribution in [0.1, 0.15) is 55.1 Å². The monoisotopic (exact) mass is 336 g/mol. The number of hydrogen-bond acceptors (Lipinski definition) is 3. The van der Waals surface area contributed by atoms with Crippen molar-refractivity contribution in [1.82, 2.24) is 0 Å². The van der Waals surface area contributed by atoms with Crippen molar-refractivity contribution in [3.63, 3.8) is 0 Å². The second-order valence-electron chi connectivity index (χ2n) is 6.66. The predicted octanol–water partition coefficient (Wildman–Crippen LogP) is 5.79. The Morgan fingerprint density at radius 1 is 1.08 bits per heavy atom. The summed E-state index contributed by atoms with van der Waals surface area (Å²) >= 11 is 0. The van der Waals surface area contributed by atoms with E-state index in [4.69, 9.17) is 5.41 Å². The lowest BCUT2D eigenvalue weighted by Gasteiger charge is -2.21. The first-order valence-electron chi connectivity index (χ1n) is 8.96. The molecule has 0 aliphatic heterocycles. The quantitative estimate of drug-likeness (QED) is 0.496. The molecule has 0 radical (unpaired) electrons. The van der Waals surface area contributed by atoms with Crippen molar-refractivity contribution in [3.05, 3.63) is 53.1 Å². The summed E-state index contributed by atoms with van der Waals surface area (Å²) in [5.41, 5.74) is 5.76. The van der Waals surface area contributed by atoms with Gasteiger partial charge in [0.25, 0.3) is 0 Å². The summed E-state index contributed by atoms with van der Waals surface area (Å²) in [6, 6.07) is 12.5. The molecule has 2 rings (SSSR count). The normalized spacial score (nSPS) is 10.8. The van der Waals surface area contributed by atoms with Gasteiger partial charge in [-0.2, -0.15) is 0 Å². The van der Waals surface area contributed by atoms with Gasteiger partial charge in [0.1, 0.15) is 0 Å². The van der Waals surface area contributed by atoms with E-state index in [-0.39, 0.29) is 11.5 Å². The fraction of sp³-hybridized carbons (Fsp3) is 0.364. The molecule has 0 amide bonds. The van der Waals surface area contributed by atoms with Crippen molar-refractivity contribution in [2.45, 2.75) is 53.5 Å². The largest absolute Gasteiger partial charge is 0.382 e. The first kappa shape index (κ1) is 18.9. The number of nitrogens with one attached hydrogen (secondary N) is 2. The molecule has 0 aliphatic rings. The van der Waals surface area contributed by atoms with E-state index in [1.165, 1.54) is 5.56 Å². The van der Waals surface area contributed by atoms with Gasteiger partial charge in [0.05, 0.1) is 11.3 Å². The van der Waals surface area contributed by atoms with Crippen LogP contribution in [0.4, 0.5) is 5.69 Å². The maximum atomic E-state index is 12.8. The Labute approximate surface area is 151 Å². The lowest BCUT2D eigenvalue weighted by Crippen LogP contribution is -2.21. The fourth-order valence-electron chi connectivity index (χ4n) is 3.16. The molecule has 0 saturated heterocycles.